The zero-order chi connectivity index (χ0) is 6.85. The van der Waals surface area contributed by atoms with E-state index in [1.165, 1.54) is 0 Å². The van der Waals surface area contributed by atoms with Gasteiger partial charge in [0.1, 0.15) is 11.6 Å². The number of aromatic nitrogens is 1. The Hall–Kier alpha value is -1.32. The second kappa shape index (κ2) is 1.89. The molecule has 0 aliphatic carbocycles. The first-order valence-electron chi connectivity index (χ1n) is 2.60. The van der Waals surface area contributed by atoms with Crippen molar-refractivity contribution in [1.29, 1.82) is 0 Å². The highest BCUT2D eigenvalue weighted by atomic mass is 16.5. The molecule has 4 N–H and O–H groups in total. The molecule has 0 radical (unpaired) electrons. The highest BCUT2D eigenvalue weighted by Gasteiger charge is 1.98. The molecular formula is C5H9N3O. The van der Waals surface area contributed by atoms with Gasteiger partial charge in [0.05, 0.1) is 0 Å². The Morgan fingerprint density at radius 1 is 1.67 bits per heavy atom. The van der Waals surface area contributed by atoms with Crippen LogP contribution in [0.2, 0.25) is 0 Å². The number of nitrogens with zero attached hydrogens (tertiary/aromatic N) is 1. The number of rotatable bonds is 1. The first-order chi connectivity index (χ1) is 4.25. The van der Waals surface area contributed by atoms with Gasteiger partial charge in [-0.05, 0) is 12.1 Å². The zero-order valence-corrected chi connectivity index (χ0v) is 5.13. The Bertz CT molecular complexity index is 206. The lowest BCUT2D eigenvalue weighted by Crippen LogP contribution is -2.01. The molecule has 4 heteroatoms. The minimum absolute atomic E-state index is 0.333. The number of hydrogen-bond donors (Lipinski definition) is 3. The molecule has 1 heterocycles. The minimum Gasteiger partial charge on any atom is -0.425 e. The molecular weight excluding hydrogens is 118 g/mol. The van der Waals surface area contributed by atoms with Gasteiger partial charge < -0.3 is 16.3 Å². The second-order valence-electron chi connectivity index (χ2n) is 1.71. The van der Waals surface area contributed by atoms with Gasteiger partial charge in [0.25, 0.3) is 0 Å². The van der Waals surface area contributed by atoms with E-state index in [9.17, 15) is 0 Å². The Balaban J connectivity index is 3.04. The van der Waals surface area contributed by atoms with Crippen LogP contribution in [0.1, 0.15) is 0 Å². The summed E-state index contributed by atoms with van der Waals surface area (Å²) in [6.45, 7) is 0. The average molecular weight is 127 g/mol. The summed E-state index contributed by atoms with van der Waals surface area (Å²) in [6.07, 6.45) is 0. The van der Waals surface area contributed by atoms with Crippen molar-refractivity contribution in [3.05, 3.63) is 12.1 Å². The first-order valence-corrected chi connectivity index (χ1v) is 2.60. The molecule has 0 spiro atoms. The molecule has 50 valence electrons. The van der Waals surface area contributed by atoms with E-state index in [1.54, 1.807) is 19.2 Å². The van der Waals surface area contributed by atoms with Crippen molar-refractivity contribution < 1.29 is 5.21 Å². The zero-order valence-electron chi connectivity index (χ0n) is 5.13. The number of nitrogens with one attached hydrogen (secondary N) is 1. The Labute approximate surface area is 52.9 Å². The van der Waals surface area contributed by atoms with Gasteiger partial charge in [-0.2, -0.15) is 4.73 Å². The van der Waals surface area contributed by atoms with Gasteiger partial charge in [-0.15, -0.1) is 0 Å². The van der Waals surface area contributed by atoms with Gasteiger partial charge in [0, 0.05) is 7.05 Å². The number of nitrogen functional groups attached to an aromatic ring is 1. The Kier molecular flexibility index (Phi) is 1.22. The standard InChI is InChI=1S/C5H9N3O/c1-7-5-3-2-4(6)8(5)9/h2-3,7,9H,6H2,1H3. The fraction of sp³-hybridized carbons (Fsp3) is 0.200. The van der Waals surface area contributed by atoms with Crippen molar-refractivity contribution in [3.63, 3.8) is 0 Å². The van der Waals surface area contributed by atoms with Crippen LogP contribution in [0.15, 0.2) is 12.1 Å². The highest BCUT2D eigenvalue weighted by Crippen LogP contribution is 2.11. The molecule has 1 rings (SSSR count). The molecule has 1 aromatic rings. The van der Waals surface area contributed by atoms with E-state index in [4.69, 9.17) is 10.9 Å². The van der Waals surface area contributed by atoms with E-state index >= 15 is 0 Å². The van der Waals surface area contributed by atoms with E-state index in [1.807, 2.05) is 0 Å². The quantitative estimate of drug-likeness (QED) is 0.477. The smallest absolute Gasteiger partial charge is 0.144 e. The predicted octanol–water partition coefficient (Wildman–Crippen LogP) is 0.349. The highest BCUT2D eigenvalue weighted by molar-refractivity contribution is 5.46. The third-order valence-electron chi connectivity index (χ3n) is 1.14. The van der Waals surface area contributed by atoms with Crippen LogP contribution in [0.25, 0.3) is 0 Å². The Morgan fingerprint density at radius 2 is 2.33 bits per heavy atom. The third-order valence-corrected chi connectivity index (χ3v) is 1.14. The molecule has 1 aromatic heterocycles. The van der Waals surface area contributed by atoms with Crippen molar-refractivity contribution in [1.82, 2.24) is 4.73 Å². The van der Waals surface area contributed by atoms with Crippen molar-refractivity contribution in [2.45, 2.75) is 0 Å². The Morgan fingerprint density at radius 3 is 2.56 bits per heavy atom. The van der Waals surface area contributed by atoms with Gasteiger partial charge in [0.2, 0.25) is 0 Å². The molecule has 0 saturated heterocycles. The summed E-state index contributed by atoms with van der Waals surface area (Å²) in [7, 11) is 1.71. The fourth-order valence-electron chi connectivity index (χ4n) is 0.634. The fourth-order valence-corrected chi connectivity index (χ4v) is 0.634. The van der Waals surface area contributed by atoms with Gasteiger partial charge in [-0.1, -0.05) is 0 Å². The molecule has 0 saturated carbocycles. The van der Waals surface area contributed by atoms with Crippen LogP contribution in [0.5, 0.6) is 0 Å². The van der Waals surface area contributed by atoms with Gasteiger partial charge in [0.15, 0.2) is 0 Å². The molecule has 0 unspecified atom stereocenters. The van der Waals surface area contributed by atoms with Crippen molar-refractivity contribution in [2.75, 3.05) is 18.1 Å². The van der Waals surface area contributed by atoms with E-state index < -0.39 is 0 Å². The first kappa shape index (κ1) is 5.81. The van der Waals surface area contributed by atoms with Crippen molar-refractivity contribution in [2.24, 2.45) is 0 Å². The van der Waals surface area contributed by atoms with Crippen LogP contribution in [0, 0.1) is 0 Å². The normalized spacial score (nSPS) is 9.44. The molecule has 0 fully saturated rings. The van der Waals surface area contributed by atoms with Crippen molar-refractivity contribution >= 4 is 11.6 Å². The lowest BCUT2D eigenvalue weighted by atomic mass is 10.6. The molecule has 9 heavy (non-hydrogen) atoms. The number of anilines is 2. The summed E-state index contributed by atoms with van der Waals surface area (Å²) >= 11 is 0. The summed E-state index contributed by atoms with van der Waals surface area (Å²) in [5.41, 5.74) is 5.29. The lowest BCUT2D eigenvalue weighted by Gasteiger charge is -1.99. The second-order valence-corrected chi connectivity index (χ2v) is 1.71. The van der Waals surface area contributed by atoms with E-state index in [-0.39, 0.29) is 0 Å². The van der Waals surface area contributed by atoms with Crippen LogP contribution in [0.3, 0.4) is 0 Å². The predicted molar refractivity (Wildman–Crippen MR) is 35.6 cm³/mol. The van der Waals surface area contributed by atoms with Crippen molar-refractivity contribution in [3.8, 4) is 0 Å². The van der Waals surface area contributed by atoms with Crippen LogP contribution in [-0.4, -0.2) is 17.0 Å². The maximum atomic E-state index is 8.97. The maximum Gasteiger partial charge on any atom is 0.144 e. The van der Waals surface area contributed by atoms with E-state index in [0.717, 1.165) is 4.73 Å². The lowest BCUT2D eigenvalue weighted by molar-refractivity contribution is 0.199. The van der Waals surface area contributed by atoms with Gasteiger partial charge in [-0.3, -0.25) is 0 Å². The summed E-state index contributed by atoms with van der Waals surface area (Å²) in [6, 6.07) is 3.31. The van der Waals surface area contributed by atoms with Crippen LogP contribution in [-0.2, 0) is 0 Å². The number of nitrogens with two attached hydrogens (primary N) is 1. The minimum atomic E-state index is 0.333. The van der Waals surface area contributed by atoms with Crippen LogP contribution >= 0.6 is 0 Å². The molecule has 4 nitrogen and oxygen atoms in total. The SMILES string of the molecule is CNc1ccc(N)n1O. The topological polar surface area (TPSA) is 63.2 Å². The number of hydrogen-bond acceptors (Lipinski definition) is 3. The third kappa shape index (κ3) is 0.782. The average Bonchev–Trinajstić information content (AvgIpc) is 2.15. The monoisotopic (exact) mass is 127 g/mol. The molecule has 0 aromatic carbocycles. The summed E-state index contributed by atoms with van der Waals surface area (Å²) in [4.78, 5) is 0. The summed E-state index contributed by atoms with van der Waals surface area (Å²) < 4.78 is 0.889. The molecule has 0 amide bonds. The summed E-state index contributed by atoms with van der Waals surface area (Å²) in [5.74, 6) is 0.923. The largest absolute Gasteiger partial charge is 0.425 e. The van der Waals surface area contributed by atoms with Gasteiger partial charge >= 0.3 is 0 Å². The molecule has 0 bridgehead atoms. The van der Waals surface area contributed by atoms with Gasteiger partial charge in [-0.25, -0.2) is 0 Å². The van der Waals surface area contributed by atoms with E-state index in [0.29, 0.717) is 11.6 Å². The maximum absolute atomic E-state index is 8.97. The molecule has 0 aliphatic rings. The van der Waals surface area contributed by atoms with Crippen LogP contribution in [0.4, 0.5) is 11.6 Å². The molecule has 0 aliphatic heterocycles. The summed E-state index contributed by atoms with van der Waals surface area (Å²) in [5, 5.41) is 11.7. The van der Waals surface area contributed by atoms with E-state index in [2.05, 4.69) is 5.32 Å². The van der Waals surface area contributed by atoms with Crippen LogP contribution < -0.4 is 11.1 Å². The molecule has 0 atom stereocenters.